The first kappa shape index (κ1) is 13.8. The average molecular weight is 265 g/mol. The second-order valence-corrected chi connectivity index (χ2v) is 6.88. The third-order valence-electron chi connectivity index (χ3n) is 5.52. The van der Waals surface area contributed by atoms with Crippen LogP contribution < -0.4 is 5.32 Å². The van der Waals surface area contributed by atoms with Gasteiger partial charge < -0.3 is 15.1 Å². The van der Waals surface area contributed by atoms with Gasteiger partial charge in [-0.2, -0.15) is 0 Å². The molecule has 3 nitrogen and oxygen atoms in total. The summed E-state index contributed by atoms with van der Waals surface area (Å²) in [5, 5.41) is 4.00. The molecular formula is C16H31N3. The van der Waals surface area contributed by atoms with E-state index < -0.39 is 0 Å². The van der Waals surface area contributed by atoms with Gasteiger partial charge in [-0.25, -0.2) is 0 Å². The molecule has 4 aliphatic heterocycles. The maximum absolute atomic E-state index is 4.00. The number of rotatable bonds is 5. The molecule has 1 N–H and O–H groups in total. The van der Waals surface area contributed by atoms with E-state index in [1.54, 1.807) is 0 Å². The molecule has 0 radical (unpaired) electrons. The number of hydrogen-bond acceptors (Lipinski definition) is 3. The summed E-state index contributed by atoms with van der Waals surface area (Å²) in [6, 6.07) is 1.60. The van der Waals surface area contributed by atoms with Crippen LogP contribution in [0.2, 0.25) is 0 Å². The highest BCUT2D eigenvalue weighted by atomic mass is 15.2. The number of nitrogens with one attached hydrogen (secondary N) is 1. The van der Waals surface area contributed by atoms with Gasteiger partial charge >= 0.3 is 0 Å². The van der Waals surface area contributed by atoms with Crippen LogP contribution in [0.3, 0.4) is 0 Å². The maximum Gasteiger partial charge on any atom is 0.0226 e. The fraction of sp³-hybridized carbons (Fsp3) is 1.00. The highest BCUT2D eigenvalue weighted by Gasteiger charge is 2.35. The van der Waals surface area contributed by atoms with E-state index in [2.05, 4.69) is 22.0 Å². The Balaban J connectivity index is 1.40. The second-order valence-electron chi connectivity index (χ2n) is 6.88. The van der Waals surface area contributed by atoms with Crippen molar-refractivity contribution in [2.24, 2.45) is 5.92 Å². The number of hydrogen-bond donors (Lipinski definition) is 1. The number of fused-ring (bicyclic) bond motifs is 3. The molecule has 0 amide bonds. The minimum atomic E-state index is 0.795. The van der Waals surface area contributed by atoms with E-state index in [9.17, 15) is 0 Å². The SMILES string of the molecule is CCCCN1CCC(NC2CN3CCC2CC3)CC1. The normalized spacial score (nSPS) is 36.8. The molecule has 0 aromatic carbocycles. The smallest absolute Gasteiger partial charge is 0.0226 e. The predicted molar refractivity (Wildman–Crippen MR) is 80.5 cm³/mol. The van der Waals surface area contributed by atoms with E-state index >= 15 is 0 Å². The lowest BCUT2D eigenvalue weighted by molar-refractivity contribution is 0.0601. The Morgan fingerprint density at radius 1 is 1.00 bits per heavy atom. The summed E-state index contributed by atoms with van der Waals surface area (Å²) in [5.41, 5.74) is 0. The Morgan fingerprint density at radius 3 is 2.32 bits per heavy atom. The van der Waals surface area contributed by atoms with Gasteiger partial charge in [0.2, 0.25) is 0 Å². The van der Waals surface area contributed by atoms with E-state index in [-0.39, 0.29) is 0 Å². The summed E-state index contributed by atoms with van der Waals surface area (Å²) >= 11 is 0. The van der Waals surface area contributed by atoms with Gasteiger partial charge in [-0.3, -0.25) is 0 Å². The average Bonchev–Trinajstić information content (AvgIpc) is 2.48. The summed E-state index contributed by atoms with van der Waals surface area (Å²) in [5.74, 6) is 0.975. The molecule has 2 bridgehead atoms. The zero-order chi connectivity index (χ0) is 13.1. The summed E-state index contributed by atoms with van der Waals surface area (Å²) in [7, 11) is 0. The molecule has 4 saturated heterocycles. The molecule has 1 atom stereocenters. The van der Waals surface area contributed by atoms with E-state index in [4.69, 9.17) is 0 Å². The lowest BCUT2D eigenvalue weighted by Crippen LogP contribution is -2.59. The minimum Gasteiger partial charge on any atom is -0.310 e. The van der Waals surface area contributed by atoms with Gasteiger partial charge in [0.15, 0.2) is 0 Å². The molecule has 19 heavy (non-hydrogen) atoms. The molecule has 0 aromatic heterocycles. The van der Waals surface area contributed by atoms with Gasteiger partial charge in [0.25, 0.3) is 0 Å². The number of unbranched alkanes of at least 4 members (excludes halogenated alkanes) is 1. The van der Waals surface area contributed by atoms with Gasteiger partial charge in [0.05, 0.1) is 0 Å². The van der Waals surface area contributed by atoms with Crippen molar-refractivity contribution in [2.45, 2.75) is 57.5 Å². The van der Waals surface area contributed by atoms with Crippen molar-refractivity contribution >= 4 is 0 Å². The zero-order valence-electron chi connectivity index (χ0n) is 12.6. The molecular weight excluding hydrogens is 234 g/mol. The summed E-state index contributed by atoms with van der Waals surface area (Å²) in [6.07, 6.45) is 8.31. The summed E-state index contributed by atoms with van der Waals surface area (Å²) in [4.78, 5) is 5.33. The van der Waals surface area contributed by atoms with E-state index in [1.165, 1.54) is 77.8 Å². The predicted octanol–water partition coefficient (Wildman–Crippen LogP) is 1.93. The lowest BCUT2D eigenvalue weighted by atomic mass is 9.83. The molecule has 0 aromatic rings. The molecule has 4 aliphatic rings. The summed E-state index contributed by atoms with van der Waals surface area (Å²) in [6.45, 7) is 10.3. The first-order valence-electron chi connectivity index (χ1n) is 8.56. The van der Waals surface area contributed by atoms with Crippen LogP contribution in [-0.4, -0.2) is 61.2 Å². The van der Waals surface area contributed by atoms with E-state index in [1.807, 2.05) is 0 Å². The highest BCUT2D eigenvalue weighted by Crippen LogP contribution is 2.28. The summed E-state index contributed by atoms with van der Waals surface area (Å²) < 4.78 is 0. The molecule has 0 aliphatic carbocycles. The van der Waals surface area contributed by atoms with Crippen molar-refractivity contribution in [3.05, 3.63) is 0 Å². The zero-order valence-corrected chi connectivity index (χ0v) is 12.6. The first-order chi connectivity index (χ1) is 9.35. The van der Waals surface area contributed by atoms with Crippen molar-refractivity contribution in [1.29, 1.82) is 0 Å². The van der Waals surface area contributed by atoms with Gasteiger partial charge in [0, 0.05) is 18.6 Å². The standard InChI is InChI=1S/C16H31N3/c1-2-3-8-18-11-6-15(7-12-18)17-16-13-19-9-4-14(16)5-10-19/h14-17H,2-13H2,1H3. The maximum atomic E-state index is 4.00. The van der Waals surface area contributed by atoms with E-state index in [0.717, 1.165) is 18.0 Å². The molecule has 110 valence electrons. The monoisotopic (exact) mass is 265 g/mol. The van der Waals surface area contributed by atoms with Crippen molar-refractivity contribution in [3.63, 3.8) is 0 Å². The second kappa shape index (κ2) is 6.55. The van der Waals surface area contributed by atoms with Crippen molar-refractivity contribution in [2.75, 3.05) is 39.3 Å². The van der Waals surface area contributed by atoms with Crippen LogP contribution in [-0.2, 0) is 0 Å². The minimum absolute atomic E-state index is 0.795. The Hall–Kier alpha value is -0.120. The van der Waals surface area contributed by atoms with Crippen molar-refractivity contribution < 1.29 is 0 Å². The third-order valence-corrected chi connectivity index (χ3v) is 5.52. The topological polar surface area (TPSA) is 18.5 Å². The van der Waals surface area contributed by atoms with Crippen molar-refractivity contribution in [3.8, 4) is 0 Å². The number of likely N-dealkylation sites (tertiary alicyclic amines) is 1. The van der Waals surface area contributed by atoms with Gasteiger partial charge in [-0.05, 0) is 70.7 Å². The van der Waals surface area contributed by atoms with Crippen LogP contribution in [0.1, 0.15) is 45.4 Å². The van der Waals surface area contributed by atoms with Crippen LogP contribution in [0.5, 0.6) is 0 Å². The van der Waals surface area contributed by atoms with Crippen LogP contribution in [0, 0.1) is 5.92 Å². The lowest BCUT2D eigenvalue weighted by Gasteiger charge is -2.47. The van der Waals surface area contributed by atoms with E-state index in [0.29, 0.717) is 0 Å². The van der Waals surface area contributed by atoms with Gasteiger partial charge in [0.1, 0.15) is 0 Å². The Bertz CT molecular complexity index is 265. The number of piperidine rings is 4. The Kier molecular flexibility index (Phi) is 4.78. The molecule has 4 fully saturated rings. The van der Waals surface area contributed by atoms with Crippen LogP contribution in [0.15, 0.2) is 0 Å². The van der Waals surface area contributed by atoms with Crippen LogP contribution in [0.25, 0.3) is 0 Å². The Morgan fingerprint density at radius 2 is 1.74 bits per heavy atom. The fourth-order valence-electron chi connectivity index (χ4n) is 4.16. The van der Waals surface area contributed by atoms with Crippen molar-refractivity contribution in [1.82, 2.24) is 15.1 Å². The molecule has 4 rings (SSSR count). The molecule has 4 heterocycles. The highest BCUT2D eigenvalue weighted by molar-refractivity contribution is 4.93. The van der Waals surface area contributed by atoms with Crippen LogP contribution in [0.4, 0.5) is 0 Å². The molecule has 0 saturated carbocycles. The Labute approximate surface area is 118 Å². The molecule has 0 spiro atoms. The van der Waals surface area contributed by atoms with Crippen LogP contribution >= 0.6 is 0 Å². The number of nitrogens with zero attached hydrogens (tertiary/aromatic N) is 2. The first-order valence-corrected chi connectivity index (χ1v) is 8.56. The quantitative estimate of drug-likeness (QED) is 0.819. The molecule has 3 heteroatoms. The molecule has 1 unspecified atom stereocenters. The largest absolute Gasteiger partial charge is 0.310 e. The van der Waals surface area contributed by atoms with Gasteiger partial charge in [-0.15, -0.1) is 0 Å². The third kappa shape index (κ3) is 3.50. The van der Waals surface area contributed by atoms with Gasteiger partial charge in [-0.1, -0.05) is 13.3 Å². The fourth-order valence-corrected chi connectivity index (χ4v) is 4.16.